The minimum absolute atomic E-state index is 0.0293. The molecule has 15 heavy (non-hydrogen) atoms. The maximum Gasteiger partial charge on any atom is 0.354 e. The molecule has 2 N–H and O–H groups in total. The number of carboxylic acid groups (broad SMARTS) is 1. The number of aromatic nitrogens is 1. The van der Waals surface area contributed by atoms with Crippen LogP contribution >= 0.6 is 0 Å². The summed E-state index contributed by atoms with van der Waals surface area (Å²) < 4.78 is 5.19. The van der Waals surface area contributed by atoms with Crippen LogP contribution < -0.4 is 4.74 Å². The van der Waals surface area contributed by atoms with Gasteiger partial charge in [-0.05, 0) is 18.6 Å². The molecule has 0 aliphatic carbocycles. The zero-order valence-electron chi connectivity index (χ0n) is 8.38. The number of ether oxygens (including phenoxy) is 1. The number of hydrogen-bond donors (Lipinski definition) is 2. The molecule has 0 saturated heterocycles. The lowest BCUT2D eigenvalue weighted by molar-refractivity contribution is 0.0690. The van der Waals surface area contributed by atoms with Crippen LogP contribution in [0.4, 0.5) is 0 Å². The van der Waals surface area contributed by atoms with Gasteiger partial charge in [0.2, 0.25) is 0 Å². The van der Waals surface area contributed by atoms with Gasteiger partial charge in [0.05, 0.1) is 12.3 Å². The third-order valence-corrected chi connectivity index (χ3v) is 1.87. The van der Waals surface area contributed by atoms with Gasteiger partial charge in [-0.15, -0.1) is 0 Å². The number of carbonyl (C=O) groups is 1. The molecule has 5 nitrogen and oxygen atoms in total. The van der Waals surface area contributed by atoms with Crippen molar-refractivity contribution in [3.8, 4) is 5.75 Å². The number of carboxylic acids is 1. The quantitative estimate of drug-likeness (QED) is 0.757. The predicted molar refractivity (Wildman–Crippen MR) is 53.0 cm³/mol. The highest BCUT2D eigenvalue weighted by atomic mass is 16.5. The molecular formula is C10H13NO4. The van der Waals surface area contributed by atoms with Crippen molar-refractivity contribution in [3.05, 3.63) is 24.0 Å². The number of rotatable bonds is 5. The van der Waals surface area contributed by atoms with Crippen LogP contribution in [0.25, 0.3) is 0 Å². The van der Waals surface area contributed by atoms with E-state index in [1.54, 1.807) is 0 Å². The fourth-order valence-electron chi connectivity index (χ4n) is 0.902. The molecule has 0 aromatic carbocycles. The first-order valence-electron chi connectivity index (χ1n) is 4.63. The van der Waals surface area contributed by atoms with Crippen molar-refractivity contribution in [1.82, 2.24) is 4.98 Å². The van der Waals surface area contributed by atoms with E-state index < -0.39 is 12.1 Å². The van der Waals surface area contributed by atoms with E-state index in [1.165, 1.54) is 18.3 Å². The standard InChI is InChI=1S/C10H13NO4/c1-2-7(12)6-15-8-3-4-9(10(13)14)11-5-8/h3-5,7,12H,2,6H2,1H3,(H,13,14). The molecule has 1 unspecified atom stereocenters. The van der Waals surface area contributed by atoms with Gasteiger partial charge in [0.15, 0.2) is 0 Å². The van der Waals surface area contributed by atoms with Gasteiger partial charge in [0.25, 0.3) is 0 Å². The summed E-state index contributed by atoms with van der Waals surface area (Å²) in [4.78, 5) is 14.2. The zero-order valence-corrected chi connectivity index (χ0v) is 8.38. The van der Waals surface area contributed by atoms with E-state index in [9.17, 15) is 9.90 Å². The summed E-state index contributed by atoms with van der Waals surface area (Å²) in [6.45, 7) is 2.03. The Bertz CT molecular complexity index is 323. The van der Waals surface area contributed by atoms with Crippen LogP contribution in [0.1, 0.15) is 23.8 Å². The second-order valence-electron chi connectivity index (χ2n) is 3.06. The van der Waals surface area contributed by atoms with E-state index in [0.29, 0.717) is 12.2 Å². The van der Waals surface area contributed by atoms with Crippen molar-refractivity contribution in [1.29, 1.82) is 0 Å². The number of aliphatic hydroxyl groups excluding tert-OH is 1. The van der Waals surface area contributed by atoms with Crippen molar-refractivity contribution in [2.45, 2.75) is 19.4 Å². The Morgan fingerprint density at radius 1 is 1.60 bits per heavy atom. The first-order valence-corrected chi connectivity index (χ1v) is 4.63. The van der Waals surface area contributed by atoms with Gasteiger partial charge in [-0.2, -0.15) is 0 Å². The maximum absolute atomic E-state index is 10.5. The molecule has 0 bridgehead atoms. The summed E-state index contributed by atoms with van der Waals surface area (Å²) >= 11 is 0. The third-order valence-electron chi connectivity index (χ3n) is 1.87. The smallest absolute Gasteiger partial charge is 0.354 e. The Morgan fingerprint density at radius 3 is 2.80 bits per heavy atom. The second kappa shape index (κ2) is 5.31. The van der Waals surface area contributed by atoms with Gasteiger partial charge in [0.1, 0.15) is 18.1 Å². The van der Waals surface area contributed by atoms with Crippen molar-refractivity contribution in [2.24, 2.45) is 0 Å². The van der Waals surface area contributed by atoms with Gasteiger partial charge in [-0.1, -0.05) is 6.92 Å². The summed E-state index contributed by atoms with van der Waals surface area (Å²) in [5, 5.41) is 17.8. The topological polar surface area (TPSA) is 79.7 Å². The summed E-state index contributed by atoms with van der Waals surface area (Å²) in [6, 6.07) is 2.87. The molecule has 1 aromatic heterocycles. The molecule has 1 heterocycles. The number of aromatic carboxylic acids is 1. The number of hydrogen-bond acceptors (Lipinski definition) is 4. The average molecular weight is 211 g/mol. The Morgan fingerprint density at radius 2 is 2.33 bits per heavy atom. The van der Waals surface area contributed by atoms with Crippen molar-refractivity contribution in [2.75, 3.05) is 6.61 Å². The lowest BCUT2D eigenvalue weighted by Crippen LogP contribution is -2.16. The molecule has 1 aromatic rings. The Kier molecular flexibility index (Phi) is 4.05. The molecule has 0 spiro atoms. The van der Waals surface area contributed by atoms with Gasteiger partial charge < -0.3 is 14.9 Å². The highest BCUT2D eigenvalue weighted by molar-refractivity contribution is 5.85. The van der Waals surface area contributed by atoms with E-state index in [4.69, 9.17) is 9.84 Å². The van der Waals surface area contributed by atoms with Crippen LogP contribution in [0.3, 0.4) is 0 Å². The number of pyridine rings is 1. The maximum atomic E-state index is 10.5. The molecular weight excluding hydrogens is 198 g/mol. The van der Waals surface area contributed by atoms with Crippen LogP contribution in [-0.2, 0) is 0 Å². The van der Waals surface area contributed by atoms with Gasteiger partial charge in [-0.25, -0.2) is 9.78 Å². The molecule has 0 radical (unpaired) electrons. The largest absolute Gasteiger partial charge is 0.489 e. The highest BCUT2D eigenvalue weighted by Crippen LogP contribution is 2.09. The molecule has 0 amide bonds. The lowest BCUT2D eigenvalue weighted by Gasteiger charge is -2.09. The first kappa shape index (κ1) is 11.5. The summed E-state index contributed by atoms with van der Waals surface area (Å²) in [6.07, 6.45) is 1.43. The second-order valence-corrected chi connectivity index (χ2v) is 3.06. The van der Waals surface area contributed by atoms with Crippen molar-refractivity contribution in [3.63, 3.8) is 0 Å². The molecule has 0 fully saturated rings. The monoisotopic (exact) mass is 211 g/mol. The minimum atomic E-state index is -1.07. The van der Waals surface area contributed by atoms with E-state index in [2.05, 4.69) is 4.98 Å². The highest BCUT2D eigenvalue weighted by Gasteiger charge is 2.05. The van der Waals surface area contributed by atoms with Crippen molar-refractivity contribution >= 4 is 5.97 Å². The Labute approximate surface area is 87.3 Å². The summed E-state index contributed by atoms with van der Waals surface area (Å²) in [5.74, 6) is -0.623. The lowest BCUT2D eigenvalue weighted by atomic mass is 10.3. The molecule has 82 valence electrons. The molecule has 1 atom stereocenters. The molecule has 0 aliphatic heterocycles. The Balaban J connectivity index is 2.53. The van der Waals surface area contributed by atoms with E-state index >= 15 is 0 Å². The predicted octanol–water partition coefficient (Wildman–Crippen LogP) is 0.929. The Hall–Kier alpha value is -1.62. The van der Waals surface area contributed by atoms with Gasteiger partial charge in [0, 0.05) is 0 Å². The van der Waals surface area contributed by atoms with Crippen LogP contribution in [0.2, 0.25) is 0 Å². The normalized spacial score (nSPS) is 12.1. The fourth-order valence-corrected chi connectivity index (χ4v) is 0.902. The van der Waals surface area contributed by atoms with Gasteiger partial charge >= 0.3 is 5.97 Å². The first-order chi connectivity index (χ1) is 7.13. The number of nitrogens with zero attached hydrogens (tertiary/aromatic N) is 1. The average Bonchev–Trinajstić information content (AvgIpc) is 2.26. The van der Waals surface area contributed by atoms with Crippen LogP contribution in [0.5, 0.6) is 5.75 Å². The fraction of sp³-hybridized carbons (Fsp3) is 0.400. The zero-order chi connectivity index (χ0) is 11.3. The van der Waals surface area contributed by atoms with E-state index in [-0.39, 0.29) is 12.3 Å². The number of aliphatic hydroxyl groups is 1. The van der Waals surface area contributed by atoms with E-state index in [1.807, 2.05) is 6.92 Å². The van der Waals surface area contributed by atoms with Crippen molar-refractivity contribution < 1.29 is 19.7 Å². The third kappa shape index (κ3) is 3.55. The summed E-state index contributed by atoms with van der Waals surface area (Å²) in [7, 11) is 0. The molecule has 0 saturated carbocycles. The SMILES string of the molecule is CCC(O)COc1ccc(C(=O)O)nc1. The van der Waals surface area contributed by atoms with Gasteiger partial charge in [-0.3, -0.25) is 0 Å². The summed E-state index contributed by atoms with van der Waals surface area (Å²) in [5.41, 5.74) is -0.0293. The minimum Gasteiger partial charge on any atom is -0.489 e. The van der Waals surface area contributed by atoms with Crippen LogP contribution in [-0.4, -0.2) is 33.9 Å². The van der Waals surface area contributed by atoms with E-state index in [0.717, 1.165) is 0 Å². The molecule has 0 aliphatic rings. The molecule has 1 rings (SSSR count). The van der Waals surface area contributed by atoms with Crippen LogP contribution in [0.15, 0.2) is 18.3 Å². The molecule has 5 heteroatoms. The van der Waals surface area contributed by atoms with Crippen LogP contribution in [0, 0.1) is 0 Å².